The van der Waals surface area contributed by atoms with Crippen LogP contribution < -0.4 is 10.9 Å². The summed E-state index contributed by atoms with van der Waals surface area (Å²) in [5.41, 5.74) is 2.00. The molecule has 2 amide bonds. The molecule has 0 atom stereocenters. The second-order valence-electron chi connectivity index (χ2n) is 7.74. The Labute approximate surface area is 180 Å². The highest BCUT2D eigenvalue weighted by Gasteiger charge is 2.28. The molecule has 1 aromatic carbocycles. The van der Waals surface area contributed by atoms with E-state index in [1.54, 1.807) is 39.9 Å². The number of likely N-dealkylation sites (tertiary alicyclic amines) is 1. The van der Waals surface area contributed by atoms with Crippen molar-refractivity contribution in [2.24, 2.45) is 5.92 Å². The van der Waals surface area contributed by atoms with E-state index in [1.165, 1.54) is 6.26 Å². The fourth-order valence-corrected chi connectivity index (χ4v) is 3.78. The molecule has 7 nitrogen and oxygen atoms in total. The number of nitrogens with one attached hydrogen (secondary N) is 1. The van der Waals surface area contributed by atoms with Crippen LogP contribution in [0.25, 0.3) is 0 Å². The zero-order valence-electron chi connectivity index (χ0n) is 17.2. The molecule has 3 aromatic rings. The Morgan fingerprint density at radius 1 is 0.968 bits per heavy atom. The molecule has 1 fully saturated rings. The van der Waals surface area contributed by atoms with Gasteiger partial charge in [0.1, 0.15) is 0 Å². The summed E-state index contributed by atoms with van der Waals surface area (Å²) in [4.78, 5) is 38.4. The molecule has 1 saturated heterocycles. The van der Waals surface area contributed by atoms with E-state index >= 15 is 0 Å². The largest absolute Gasteiger partial charge is 0.459 e. The standard InChI is InChI=1S/C24H25N3O4/c28-22-5-1-2-12-27(22)17-19-8-6-18(7-9-19)16-25-23(29)20-10-13-26(14-11-20)24(30)21-4-3-15-31-21/h1-9,12,15,20H,10-11,13-14,16-17H2,(H,25,29). The molecule has 0 saturated carbocycles. The van der Waals surface area contributed by atoms with E-state index in [4.69, 9.17) is 4.42 Å². The van der Waals surface area contributed by atoms with Crippen LogP contribution in [0.3, 0.4) is 0 Å². The van der Waals surface area contributed by atoms with Gasteiger partial charge < -0.3 is 19.2 Å². The van der Waals surface area contributed by atoms with Crippen LogP contribution in [-0.2, 0) is 17.9 Å². The highest BCUT2D eigenvalue weighted by molar-refractivity contribution is 5.91. The van der Waals surface area contributed by atoms with Crippen molar-refractivity contribution in [1.29, 1.82) is 0 Å². The molecule has 7 heteroatoms. The van der Waals surface area contributed by atoms with Gasteiger partial charge in [0.2, 0.25) is 5.91 Å². The minimum Gasteiger partial charge on any atom is -0.459 e. The van der Waals surface area contributed by atoms with Crippen molar-refractivity contribution in [3.63, 3.8) is 0 Å². The molecule has 4 rings (SSSR count). The van der Waals surface area contributed by atoms with Gasteiger partial charge in [-0.2, -0.15) is 0 Å². The molecule has 0 bridgehead atoms. The maximum atomic E-state index is 12.6. The average molecular weight is 419 g/mol. The first kappa shape index (κ1) is 20.7. The molecule has 0 aliphatic carbocycles. The summed E-state index contributed by atoms with van der Waals surface area (Å²) in [5, 5.41) is 3.00. The maximum Gasteiger partial charge on any atom is 0.289 e. The second kappa shape index (κ2) is 9.47. The van der Waals surface area contributed by atoms with Crippen molar-refractivity contribution >= 4 is 11.8 Å². The molecule has 2 aromatic heterocycles. The van der Waals surface area contributed by atoms with E-state index in [9.17, 15) is 14.4 Å². The number of benzene rings is 1. The Morgan fingerprint density at radius 3 is 2.39 bits per heavy atom. The van der Waals surface area contributed by atoms with Gasteiger partial charge in [-0.25, -0.2) is 0 Å². The molecule has 1 N–H and O–H groups in total. The zero-order valence-corrected chi connectivity index (χ0v) is 17.2. The van der Waals surface area contributed by atoms with E-state index in [2.05, 4.69) is 5.32 Å². The van der Waals surface area contributed by atoms with E-state index < -0.39 is 0 Å². The molecule has 160 valence electrons. The van der Waals surface area contributed by atoms with Gasteiger partial charge in [-0.3, -0.25) is 14.4 Å². The molecule has 0 spiro atoms. The number of piperidine rings is 1. The molecule has 1 aliphatic heterocycles. The highest BCUT2D eigenvalue weighted by atomic mass is 16.3. The lowest BCUT2D eigenvalue weighted by atomic mass is 9.95. The predicted octanol–water partition coefficient (Wildman–Crippen LogP) is 2.66. The Hall–Kier alpha value is -3.61. The molecule has 0 unspecified atom stereocenters. The summed E-state index contributed by atoms with van der Waals surface area (Å²) >= 11 is 0. The number of carbonyl (C=O) groups excluding carboxylic acids is 2. The van der Waals surface area contributed by atoms with Gasteiger partial charge in [-0.15, -0.1) is 0 Å². The number of hydrogen-bond acceptors (Lipinski definition) is 4. The number of carbonyl (C=O) groups is 2. The Balaban J connectivity index is 1.24. The lowest BCUT2D eigenvalue weighted by Gasteiger charge is -2.30. The zero-order chi connectivity index (χ0) is 21.6. The summed E-state index contributed by atoms with van der Waals surface area (Å²) in [6, 6.07) is 16.3. The number of hydrogen-bond donors (Lipinski definition) is 1. The van der Waals surface area contributed by atoms with Crippen LogP contribution >= 0.6 is 0 Å². The fourth-order valence-electron chi connectivity index (χ4n) is 3.78. The quantitative estimate of drug-likeness (QED) is 0.666. The Bertz CT molecular complexity index is 1080. The lowest BCUT2D eigenvalue weighted by Crippen LogP contribution is -2.42. The number of aromatic nitrogens is 1. The van der Waals surface area contributed by atoms with Crippen molar-refractivity contribution in [3.8, 4) is 0 Å². The van der Waals surface area contributed by atoms with Crippen LogP contribution in [0.4, 0.5) is 0 Å². The predicted molar refractivity (Wildman–Crippen MR) is 115 cm³/mol. The third-order valence-corrected chi connectivity index (χ3v) is 5.63. The second-order valence-corrected chi connectivity index (χ2v) is 7.74. The van der Waals surface area contributed by atoms with Crippen molar-refractivity contribution in [1.82, 2.24) is 14.8 Å². The molecule has 0 radical (unpaired) electrons. The summed E-state index contributed by atoms with van der Waals surface area (Å²) in [6.45, 7) is 2.06. The molecule has 1 aliphatic rings. The van der Waals surface area contributed by atoms with Crippen LogP contribution in [-0.4, -0.2) is 34.4 Å². The smallest absolute Gasteiger partial charge is 0.289 e. The van der Waals surface area contributed by atoms with Gasteiger partial charge >= 0.3 is 0 Å². The van der Waals surface area contributed by atoms with Crippen molar-refractivity contribution in [2.75, 3.05) is 13.1 Å². The van der Waals surface area contributed by atoms with E-state index in [-0.39, 0.29) is 23.3 Å². The maximum absolute atomic E-state index is 12.6. The van der Waals surface area contributed by atoms with E-state index in [1.807, 2.05) is 30.3 Å². The fraction of sp³-hybridized carbons (Fsp3) is 0.292. The first-order valence-electron chi connectivity index (χ1n) is 10.4. The van der Waals surface area contributed by atoms with Gasteiger partial charge in [-0.1, -0.05) is 30.3 Å². The highest BCUT2D eigenvalue weighted by Crippen LogP contribution is 2.19. The van der Waals surface area contributed by atoms with Crippen LogP contribution in [0.5, 0.6) is 0 Å². The minimum atomic E-state index is -0.123. The van der Waals surface area contributed by atoms with E-state index in [0.717, 1.165) is 11.1 Å². The molecule has 3 heterocycles. The molecule has 31 heavy (non-hydrogen) atoms. The third kappa shape index (κ3) is 5.12. The summed E-state index contributed by atoms with van der Waals surface area (Å²) in [5.74, 6) is 0.139. The van der Waals surface area contributed by atoms with Gasteiger partial charge in [-0.05, 0) is 42.2 Å². The average Bonchev–Trinajstić information content (AvgIpc) is 3.34. The number of amides is 2. The summed E-state index contributed by atoms with van der Waals surface area (Å²) in [7, 11) is 0. The Morgan fingerprint density at radius 2 is 1.71 bits per heavy atom. The van der Waals surface area contributed by atoms with Gasteiger partial charge in [0, 0.05) is 37.8 Å². The van der Waals surface area contributed by atoms with Crippen LogP contribution in [0, 0.1) is 5.92 Å². The third-order valence-electron chi connectivity index (χ3n) is 5.63. The van der Waals surface area contributed by atoms with Crippen molar-refractivity contribution < 1.29 is 14.0 Å². The number of furan rings is 1. The monoisotopic (exact) mass is 419 g/mol. The van der Waals surface area contributed by atoms with Gasteiger partial charge in [0.05, 0.1) is 12.8 Å². The normalized spacial score (nSPS) is 14.4. The van der Waals surface area contributed by atoms with Gasteiger partial charge in [0.25, 0.3) is 11.5 Å². The number of pyridine rings is 1. The SMILES string of the molecule is O=C(NCc1ccc(Cn2ccccc2=O)cc1)C1CCN(C(=O)c2ccco2)CC1. The first-order valence-corrected chi connectivity index (χ1v) is 10.4. The van der Waals surface area contributed by atoms with Crippen LogP contribution in [0.1, 0.15) is 34.5 Å². The summed E-state index contributed by atoms with van der Waals surface area (Å²) < 4.78 is 6.82. The lowest BCUT2D eigenvalue weighted by molar-refractivity contribution is -0.126. The van der Waals surface area contributed by atoms with Crippen molar-refractivity contribution in [2.45, 2.75) is 25.9 Å². The minimum absolute atomic E-state index is 0.0185. The number of nitrogens with zero attached hydrogens (tertiary/aromatic N) is 2. The van der Waals surface area contributed by atoms with Crippen LogP contribution in [0.15, 0.2) is 76.3 Å². The van der Waals surface area contributed by atoms with E-state index in [0.29, 0.717) is 44.8 Å². The molecular formula is C24H25N3O4. The first-order chi connectivity index (χ1) is 15.1. The Kier molecular flexibility index (Phi) is 6.31. The van der Waals surface area contributed by atoms with Crippen LogP contribution in [0.2, 0.25) is 0 Å². The van der Waals surface area contributed by atoms with Gasteiger partial charge in [0.15, 0.2) is 5.76 Å². The van der Waals surface area contributed by atoms with Crippen molar-refractivity contribution in [3.05, 3.63) is 94.3 Å². The topological polar surface area (TPSA) is 84.5 Å². The number of rotatable bonds is 6. The molecular weight excluding hydrogens is 394 g/mol. The summed E-state index contributed by atoms with van der Waals surface area (Å²) in [6.07, 6.45) is 4.54.